The molecule has 0 aliphatic carbocycles. The van der Waals surface area contributed by atoms with Gasteiger partial charge in [-0.3, -0.25) is 4.79 Å². The summed E-state index contributed by atoms with van der Waals surface area (Å²) in [5.74, 6) is 0.355. The lowest BCUT2D eigenvalue weighted by Crippen LogP contribution is -2.28. The molecule has 0 aliphatic heterocycles. The molecule has 0 fully saturated rings. The van der Waals surface area contributed by atoms with Crippen molar-refractivity contribution in [3.05, 3.63) is 59.1 Å². The van der Waals surface area contributed by atoms with E-state index in [0.29, 0.717) is 10.8 Å². The number of thioether (sulfide) groups is 1. The Morgan fingerprint density at radius 1 is 1.30 bits per heavy atom. The first-order chi connectivity index (χ1) is 11.1. The third kappa shape index (κ3) is 4.25. The van der Waals surface area contributed by atoms with Crippen molar-refractivity contribution in [1.29, 1.82) is 0 Å². The topological polar surface area (TPSA) is 42.0 Å². The summed E-state index contributed by atoms with van der Waals surface area (Å²) in [6, 6.07) is 15.6. The van der Waals surface area contributed by atoms with E-state index in [1.165, 1.54) is 11.8 Å². The molecule has 0 spiro atoms. The highest BCUT2D eigenvalue weighted by molar-refractivity contribution is 8.01. The quantitative estimate of drug-likeness (QED) is 0.655. The zero-order chi connectivity index (χ0) is 16.2. The Bertz CT molecular complexity index is 820. The van der Waals surface area contributed by atoms with Gasteiger partial charge in [-0.05, 0) is 30.7 Å². The monoisotopic (exact) mass is 362 g/mol. The fourth-order valence-electron chi connectivity index (χ4n) is 2.18. The first-order valence-corrected chi connectivity index (χ1v) is 9.33. The van der Waals surface area contributed by atoms with Crippen LogP contribution in [0.1, 0.15) is 18.5 Å². The molecular weight excluding hydrogens is 348 g/mol. The summed E-state index contributed by atoms with van der Waals surface area (Å²) in [6.07, 6.45) is 0. The van der Waals surface area contributed by atoms with Crippen LogP contribution in [0.25, 0.3) is 10.2 Å². The van der Waals surface area contributed by atoms with E-state index in [0.717, 1.165) is 20.1 Å². The molecule has 0 unspecified atom stereocenters. The molecule has 0 aliphatic rings. The summed E-state index contributed by atoms with van der Waals surface area (Å²) in [7, 11) is 0. The number of nitrogens with one attached hydrogen (secondary N) is 1. The molecule has 0 saturated carbocycles. The average Bonchev–Trinajstić information content (AvgIpc) is 2.95. The molecule has 6 heteroatoms. The first kappa shape index (κ1) is 16.3. The molecule has 1 aromatic heterocycles. The molecule has 3 nitrogen and oxygen atoms in total. The summed E-state index contributed by atoms with van der Waals surface area (Å²) >= 11 is 8.99. The van der Waals surface area contributed by atoms with Crippen molar-refractivity contribution < 1.29 is 4.79 Å². The van der Waals surface area contributed by atoms with Gasteiger partial charge in [-0.2, -0.15) is 0 Å². The Kier molecular flexibility index (Phi) is 5.20. The number of carbonyl (C=O) groups is 1. The van der Waals surface area contributed by atoms with Crippen LogP contribution in [-0.4, -0.2) is 16.6 Å². The van der Waals surface area contributed by atoms with Gasteiger partial charge in [-0.15, -0.1) is 11.3 Å². The number of hydrogen-bond acceptors (Lipinski definition) is 4. The Morgan fingerprint density at radius 3 is 2.87 bits per heavy atom. The molecule has 0 bridgehead atoms. The van der Waals surface area contributed by atoms with Crippen LogP contribution in [0.15, 0.2) is 52.9 Å². The highest BCUT2D eigenvalue weighted by atomic mass is 35.5. The Balaban J connectivity index is 1.57. The maximum atomic E-state index is 12.1. The minimum Gasteiger partial charge on any atom is -0.349 e. The number of aromatic nitrogens is 1. The van der Waals surface area contributed by atoms with Crippen molar-refractivity contribution >= 4 is 50.8 Å². The highest BCUT2D eigenvalue weighted by Crippen LogP contribution is 2.30. The Labute approximate surface area is 148 Å². The average molecular weight is 363 g/mol. The molecule has 1 amide bonds. The van der Waals surface area contributed by atoms with Crippen molar-refractivity contribution in [3.8, 4) is 0 Å². The largest absolute Gasteiger partial charge is 0.349 e. The zero-order valence-corrected chi connectivity index (χ0v) is 14.8. The lowest BCUT2D eigenvalue weighted by molar-refractivity contribution is -0.119. The van der Waals surface area contributed by atoms with Crippen molar-refractivity contribution in [2.45, 2.75) is 17.3 Å². The van der Waals surface area contributed by atoms with Crippen molar-refractivity contribution in [2.24, 2.45) is 0 Å². The first-order valence-electron chi connectivity index (χ1n) is 7.15. The van der Waals surface area contributed by atoms with Crippen molar-refractivity contribution in [3.63, 3.8) is 0 Å². The van der Waals surface area contributed by atoms with E-state index in [2.05, 4.69) is 10.3 Å². The number of thiazole rings is 1. The van der Waals surface area contributed by atoms with E-state index in [-0.39, 0.29) is 11.9 Å². The second-order valence-electron chi connectivity index (χ2n) is 5.08. The van der Waals surface area contributed by atoms with Gasteiger partial charge < -0.3 is 5.32 Å². The van der Waals surface area contributed by atoms with Gasteiger partial charge in [-0.25, -0.2) is 4.98 Å². The molecule has 0 saturated heterocycles. The molecule has 1 heterocycles. The fraction of sp³-hybridized carbons (Fsp3) is 0.176. The zero-order valence-electron chi connectivity index (χ0n) is 12.5. The van der Waals surface area contributed by atoms with Gasteiger partial charge in [-0.1, -0.05) is 53.7 Å². The van der Waals surface area contributed by atoms with E-state index in [1.54, 1.807) is 11.3 Å². The number of halogens is 1. The minimum absolute atomic E-state index is 0.00141. The van der Waals surface area contributed by atoms with Gasteiger partial charge in [0.1, 0.15) is 0 Å². The molecule has 0 radical (unpaired) electrons. The Hall–Kier alpha value is -1.56. The minimum atomic E-state index is -0.00141. The summed E-state index contributed by atoms with van der Waals surface area (Å²) in [5, 5.41) is 3.68. The number of amides is 1. The van der Waals surface area contributed by atoms with Gasteiger partial charge in [0.05, 0.1) is 22.0 Å². The molecule has 118 valence electrons. The number of hydrogen-bond donors (Lipinski definition) is 1. The smallest absolute Gasteiger partial charge is 0.230 e. The molecule has 23 heavy (non-hydrogen) atoms. The summed E-state index contributed by atoms with van der Waals surface area (Å²) in [4.78, 5) is 16.6. The van der Waals surface area contributed by atoms with Crippen LogP contribution in [0.5, 0.6) is 0 Å². The highest BCUT2D eigenvalue weighted by Gasteiger charge is 2.11. The second-order valence-corrected chi connectivity index (χ2v) is 7.77. The van der Waals surface area contributed by atoms with E-state index in [4.69, 9.17) is 11.6 Å². The lowest BCUT2D eigenvalue weighted by Gasteiger charge is -2.13. The normalized spacial score (nSPS) is 12.3. The van der Waals surface area contributed by atoms with Gasteiger partial charge in [0.25, 0.3) is 0 Å². The third-order valence-corrected chi connectivity index (χ3v) is 5.75. The lowest BCUT2D eigenvalue weighted by atomic mass is 10.1. The maximum absolute atomic E-state index is 12.1. The predicted molar refractivity (Wildman–Crippen MR) is 98.4 cm³/mol. The van der Waals surface area contributed by atoms with Crippen LogP contribution in [0.3, 0.4) is 0 Å². The molecule has 1 atom stereocenters. The standard InChI is InChI=1S/C17H15ClN2OS2/c1-11(12-5-3-2-4-6-12)19-16(21)10-22-17-20-14-9-13(18)7-8-15(14)23-17/h2-9,11H,10H2,1H3,(H,19,21)/t11-/m0/s1. The molecule has 3 rings (SSSR count). The molecular formula is C17H15ClN2OS2. The Morgan fingerprint density at radius 2 is 2.09 bits per heavy atom. The summed E-state index contributed by atoms with van der Waals surface area (Å²) < 4.78 is 1.96. The van der Waals surface area contributed by atoms with Crippen LogP contribution in [0, 0.1) is 0 Å². The van der Waals surface area contributed by atoms with Gasteiger partial charge in [0.2, 0.25) is 5.91 Å². The number of nitrogens with zero attached hydrogens (tertiary/aromatic N) is 1. The third-order valence-electron chi connectivity index (χ3n) is 3.33. The van der Waals surface area contributed by atoms with Crippen molar-refractivity contribution in [1.82, 2.24) is 10.3 Å². The molecule has 3 aromatic rings. The van der Waals surface area contributed by atoms with Crippen LogP contribution in [0.2, 0.25) is 5.02 Å². The second kappa shape index (κ2) is 7.34. The summed E-state index contributed by atoms with van der Waals surface area (Å²) in [6.45, 7) is 1.98. The number of rotatable bonds is 5. The molecule has 1 N–H and O–H groups in total. The number of fused-ring (bicyclic) bond motifs is 1. The van der Waals surface area contributed by atoms with E-state index in [9.17, 15) is 4.79 Å². The SMILES string of the molecule is C[C@H](NC(=O)CSc1nc2cc(Cl)ccc2s1)c1ccccc1. The van der Waals surface area contributed by atoms with Gasteiger partial charge in [0.15, 0.2) is 4.34 Å². The van der Waals surface area contributed by atoms with Crippen LogP contribution < -0.4 is 5.32 Å². The fourth-order valence-corrected chi connectivity index (χ4v) is 4.20. The van der Waals surface area contributed by atoms with E-state index < -0.39 is 0 Å². The van der Waals surface area contributed by atoms with Crippen molar-refractivity contribution in [2.75, 3.05) is 5.75 Å². The van der Waals surface area contributed by atoms with Crippen LogP contribution >= 0.6 is 34.7 Å². The number of benzene rings is 2. The van der Waals surface area contributed by atoms with Gasteiger partial charge in [0, 0.05) is 5.02 Å². The summed E-state index contributed by atoms with van der Waals surface area (Å²) in [5.41, 5.74) is 1.98. The molecule has 2 aromatic carbocycles. The van der Waals surface area contributed by atoms with Gasteiger partial charge >= 0.3 is 0 Å². The van der Waals surface area contributed by atoms with E-state index in [1.807, 2.05) is 55.5 Å². The maximum Gasteiger partial charge on any atom is 0.230 e. The van der Waals surface area contributed by atoms with E-state index >= 15 is 0 Å². The number of carbonyl (C=O) groups excluding carboxylic acids is 1. The predicted octanol–water partition coefficient (Wildman–Crippen LogP) is 4.92. The van der Waals surface area contributed by atoms with Crippen LogP contribution in [-0.2, 0) is 4.79 Å². The van der Waals surface area contributed by atoms with Crippen LogP contribution in [0.4, 0.5) is 0 Å².